The van der Waals surface area contributed by atoms with Gasteiger partial charge in [0.15, 0.2) is 0 Å². The maximum atomic E-state index is 12.4. The van der Waals surface area contributed by atoms with E-state index in [1.165, 1.54) is 5.32 Å². The van der Waals surface area contributed by atoms with Crippen molar-refractivity contribution in [3.63, 3.8) is 0 Å². The van der Waals surface area contributed by atoms with Gasteiger partial charge in [-0.15, -0.1) is 0 Å². The first-order valence-electron chi connectivity index (χ1n) is 3.78. The Labute approximate surface area is 82.6 Å². The predicted octanol–water partition coefficient (Wildman–Crippen LogP) is 0.564. The van der Waals surface area contributed by atoms with Crippen molar-refractivity contribution in [3.8, 4) is 0 Å². The summed E-state index contributed by atoms with van der Waals surface area (Å²) >= 11 is 0. The minimum absolute atomic E-state index is 0.968. The van der Waals surface area contributed by atoms with Crippen molar-refractivity contribution in [2.45, 2.75) is 25.3 Å². The first-order valence-corrected chi connectivity index (χ1v) is 3.78. The minimum atomic E-state index is -4.82. The Morgan fingerprint density at radius 3 is 2.13 bits per heavy atom. The third kappa shape index (κ3) is 3.37. The van der Waals surface area contributed by atoms with Crippen LogP contribution >= 0.6 is 0 Å². The Hall–Kier alpha value is -1.34. The molecule has 0 bridgehead atoms. The van der Waals surface area contributed by atoms with E-state index in [4.69, 9.17) is 0 Å². The number of ether oxygens (including phenoxy) is 1. The summed E-state index contributed by atoms with van der Waals surface area (Å²) in [5.41, 5.74) is 0. The lowest BCUT2D eigenvalue weighted by Gasteiger charge is -2.17. The number of nitrogens with one attached hydrogen (secondary N) is 1. The number of carbonyl (C=O) groups excluding carboxylic acids is 2. The van der Waals surface area contributed by atoms with Gasteiger partial charge in [-0.25, -0.2) is 13.6 Å². The number of carbonyl (C=O) groups is 2. The summed E-state index contributed by atoms with van der Waals surface area (Å²) in [7, 11) is 0.968. The van der Waals surface area contributed by atoms with E-state index in [0.29, 0.717) is 0 Å². The smallest absolute Gasteiger partial charge is 0.383 e. The quantitative estimate of drug-likeness (QED) is 0.568. The number of methoxy groups -OCH3 is 1. The van der Waals surface area contributed by atoms with Crippen LogP contribution in [0.5, 0.6) is 0 Å². The van der Waals surface area contributed by atoms with Crippen molar-refractivity contribution in [2.24, 2.45) is 0 Å². The van der Waals surface area contributed by atoms with Crippen LogP contribution in [0.15, 0.2) is 0 Å². The van der Waals surface area contributed by atoms with E-state index in [-0.39, 0.29) is 0 Å². The highest BCUT2D eigenvalue weighted by Crippen LogP contribution is 2.22. The van der Waals surface area contributed by atoms with Crippen molar-refractivity contribution in [1.82, 2.24) is 5.32 Å². The molecule has 0 radical (unpaired) electrons. The first kappa shape index (κ1) is 13.7. The van der Waals surface area contributed by atoms with Crippen LogP contribution in [0.4, 0.5) is 17.6 Å². The topological polar surface area (TPSA) is 55.4 Å². The molecule has 0 aliphatic carbocycles. The average molecular weight is 231 g/mol. The van der Waals surface area contributed by atoms with Gasteiger partial charge in [0.05, 0.1) is 7.11 Å². The van der Waals surface area contributed by atoms with Crippen molar-refractivity contribution in [2.75, 3.05) is 7.11 Å². The molecule has 4 nitrogen and oxygen atoms in total. The lowest BCUT2D eigenvalue weighted by Crippen LogP contribution is -2.50. The maximum absolute atomic E-state index is 12.4. The Morgan fingerprint density at radius 1 is 1.33 bits per heavy atom. The Balaban J connectivity index is 4.44. The molecule has 0 aliphatic heterocycles. The van der Waals surface area contributed by atoms with Gasteiger partial charge >= 0.3 is 18.3 Å². The van der Waals surface area contributed by atoms with E-state index >= 15 is 0 Å². The molecule has 88 valence electrons. The van der Waals surface area contributed by atoms with Crippen LogP contribution in [-0.2, 0) is 14.3 Å². The zero-order valence-corrected chi connectivity index (χ0v) is 7.89. The molecule has 15 heavy (non-hydrogen) atoms. The molecule has 0 aromatic rings. The van der Waals surface area contributed by atoms with Gasteiger partial charge in [-0.2, -0.15) is 8.78 Å². The number of esters is 1. The standard InChI is InChI=1S/C7H9F4NO3/c1-3(4(13)15-2)12-6(14)7(10,11)5(8)9/h3,5H,1-2H3,(H,12,14)/t3-/m0/s1. The van der Waals surface area contributed by atoms with Crippen LogP contribution in [0.1, 0.15) is 6.92 Å². The van der Waals surface area contributed by atoms with Crippen LogP contribution in [0, 0.1) is 0 Å². The van der Waals surface area contributed by atoms with E-state index in [1.807, 2.05) is 0 Å². The fraction of sp³-hybridized carbons (Fsp3) is 0.714. The third-order valence-electron chi connectivity index (χ3n) is 1.48. The largest absolute Gasteiger partial charge is 0.467 e. The van der Waals surface area contributed by atoms with Crippen LogP contribution in [-0.4, -0.2) is 37.4 Å². The van der Waals surface area contributed by atoms with E-state index in [0.717, 1.165) is 14.0 Å². The van der Waals surface area contributed by atoms with Crippen LogP contribution < -0.4 is 5.32 Å². The van der Waals surface area contributed by atoms with Gasteiger partial charge in [-0.05, 0) is 6.92 Å². The van der Waals surface area contributed by atoms with Crippen molar-refractivity contribution >= 4 is 11.9 Å². The van der Waals surface area contributed by atoms with Gasteiger partial charge in [-0.1, -0.05) is 0 Å². The zero-order chi connectivity index (χ0) is 12.2. The Kier molecular flexibility index (Phi) is 4.50. The highest BCUT2D eigenvalue weighted by atomic mass is 19.3. The van der Waals surface area contributed by atoms with E-state index in [1.54, 1.807) is 0 Å². The van der Waals surface area contributed by atoms with Crippen LogP contribution in [0.2, 0.25) is 0 Å². The molecule has 0 unspecified atom stereocenters. The van der Waals surface area contributed by atoms with E-state index < -0.39 is 30.3 Å². The fourth-order valence-corrected chi connectivity index (χ4v) is 0.628. The molecule has 1 N–H and O–H groups in total. The first-order chi connectivity index (χ1) is 6.73. The molecule has 0 saturated carbocycles. The third-order valence-corrected chi connectivity index (χ3v) is 1.48. The number of amides is 1. The molecule has 0 saturated heterocycles. The Morgan fingerprint density at radius 2 is 1.80 bits per heavy atom. The van der Waals surface area contributed by atoms with Crippen molar-refractivity contribution < 1.29 is 31.9 Å². The van der Waals surface area contributed by atoms with E-state index in [2.05, 4.69) is 4.74 Å². The lowest BCUT2D eigenvalue weighted by atomic mass is 10.2. The molecule has 0 spiro atoms. The van der Waals surface area contributed by atoms with Gasteiger partial charge in [0, 0.05) is 0 Å². The molecule has 1 atom stereocenters. The van der Waals surface area contributed by atoms with Crippen molar-refractivity contribution in [1.29, 1.82) is 0 Å². The van der Waals surface area contributed by atoms with Gasteiger partial charge in [-0.3, -0.25) is 4.79 Å². The summed E-state index contributed by atoms with van der Waals surface area (Å²) in [5, 5.41) is 1.41. The lowest BCUT2D eigenvalue weighted by molar-refractivity contribution is -0.171. The molecule has 0 aliphatic rings. The number of rotatable bonds is 4. The monoisotopic (exact) mass is 231 g/mol. The number of alkyl halides is 4. The Bertz CT molecular complexity index is 257. The molecule has 8 heteroatoms. The molecule has 0 fully saturated rings. The molecule has 1 amide bonds. The number of halogens is 4. The SMILES string of the molecule is COC(=O)[C@H](C)NC(=O)C(F)(F)C(F)F. The molecule has 0 heterocycles. The van der Waals surface area contributed by atoms with E-state index in [9.17, 15) is 27.2 Å². The molecular formula is C7H9F4NO3. The maximum Gasteiger partial charge on any atom is 0.383 e. The summed E-state index contributed by atoms with van der Waals surface area (Å²) in [6.45, 7) is 1.03. The summed E-state index contributed by atoms with van der Waals surface area (Å²) in [6, 6.07) is -1.41. The summed E-state index contributed by atoms with van der Waals surface area (Å²) in [5.74, 6) is -8.04. The van der Waals surface area contributed by atoms with Crippen LogP contribution in [0.3, 0.4) is 0 Å². The summed E-state index contributed by atoms with van der Waals surface area (Å²) < 4.78 is 52.1. The molecule has 0 rings (SSSR count). The normalized spacial score (nSPS) is 13.5. The average Bonchev–Trinajstić information content (AvgIpc) is 2.15. The second-order valence-electron chi connectivity index (χ2n) is 2.64. The second-order valence-corrected chi connectivity index (χ2v) is 2.64. The molecular weight excluding hydrogens is 222 g/mol. The summed E-state index contributed by atoms with van der Waals surface area (Å²) in [6.07, 6.45) is -4.12. The number of hydrogen-bond donors (Lipinski definition) is 1. The highest BCUT2D eigenvalue weighted by molar-refractivity contribution is 5.88. The second kappa shape index (κ2) is 4.94. The predicted molar refractivity (Wildman–Crippen MR) is 40.6 cm³/mol. The van der Waals surface area contributed by atoms with Gasteiger partial charge in [0.2, 0.25) is 0 Å². The highest BCUT2D eigenvalue weighted by Gasteiger charge is 2.49. The zero-order valence-electron chi connectivity index (χ0n) is 7.89. The van der Waals surface area contributed by atoms with Gasteiger partial charge in [0.1, 0.15) is 6.04 Å². The van der Waals surface area contributed by atoms with Crippen molar-refractivity contribution in [3.05, 3.63) is 0 Å². The fourth-order valence-electron chi connectivity index (χ4n) is 0.628. The minimum Gasteiger partial charge on any atom is -0.467 e. The molecule has 0 aromatic heterocycles. The van der Waals surface area contributed by atoms with Crippen LogP contribution in [0.25, 0.3) is 0 Å². The van der Waals surface area contributed by atoms with Gasteiger partial charge in [0.25, 0.3) is 5.91 Å². The molecule has 0 aromatic carbocycles. The summed E-state index contributed by atoms with van der Waals surface area (Å²) in [4.78, 5) is 21.3. The number of hydrogen-bond acceptors (Lipinski definition) is 3. The van der Waals surface area contributed by atoms with Gasteiger partial charge < -0.3 is 10.1 Å².